The summed E-state index contributed by atoms with van der Waals surface area (Å²) in [7, 11) is 0. The molecule has 0 aliphatic carbocycles. The van der Waals surface area contributed by atoms with Crippen LogP contribution in [0.1, 0.15) is 25.1 Å². The van der Waals surface area contributed by atoms with Gasteiger partial charge >= 0.3 is 0 Å². The fourth-order valence-corrected chi connectivity index (χ4v) is 4.43. The highest BCUT2D eigenvalue weighted by atomic mass is 35.5. The molecule has 2 N–H and O–H groups in total. The molecule has 0 aliphatic heterocycles. The lowest BCUT2D eigenvalue weighted by atomic mass is 10.0. The van der Waals surface area contributed by atoms with Crippen molar-refractivity contribution in [3.63, 3.8) is 0 Å². The predicted octanol–water partition coefficient (Wildman–Crippen LogP) is 5.67. The van der Waals surface area contributed by atoms with Crippen LogP contribution in [0.2, 0.25) is 10.0 Å². The Hall–Kier alpha value is -3.49. The van der Waals surface area contributed by atoms with E-state index in [-0.39, 0.29) is 17.0 Å². The third-order valence-electron chi connectivity index (χ3n) is 5.41. The molecule has 3 heterocycles. The van der Waals surface area contributed by atoms with Gasteiger partial charge in [0.2, 0.25) is 0 Å². The van der Waals surface area contributed by atoms with E-state index in [0.29, 0.717) is 50.2 Å². The average molecular weight is 483 g/mol. The number of aromatic amines is 1. The highest BCUT2D eigenvalue weighted by Crippen LogP contribution is 2.30. The van der Waals surface area contributed by atoms with Gasteiger partial charge in [0.25, 0.3) is 5.56 Å². The molecule has 0 saturated heterocycles. The smallest absolute Gasteiger partial charge is 0.263 e. The van der Waals surface area contributed by atoms with Crippen molar-refractivity contribution in [1.29, 1.82) is 0 Å². The summed E-state index contributed by atoms with van der Waals surface area (Å²) in [6.45, 7) is 1.98. The van der Waals surface area contributed by atoms with Crippen LogP contribution < -0.4 is 10.9 Å². The second-order valence-electron chi connectivity index (χ2n) is 7.50. The van der Waals surface area contributed by atoms with Crippen LogP contribution in [0.4, 0.5) is 10.2 Å². The number of imidazole rings is 1. The first-order valence-electron chi connectivity index (χ1n) is 10.2. The van der Waals surface area contributed by atoms with Crippen molar-refractivity contribution in [2.45, 2.75) is 19.4 Å². The summed E-state index contributed by atoms with van der Waals surface area (Å²) in [6.07, 6.45) is 3.58. The Balaban J connectivity index is 1.75. The maximum absolute atomic E-state index is 14.0. The summed E-state index contributed by atoms with van der Waals surface area (Å²) in [4.78, 5) is 29.4. The van der Waals surface area contributed by atoms with Crippen LogP contribution in [0.15, 0.2) is 59.9 Å². The number of H-pyrrole nitrogens is 1. The number of benzene rings is 2. The normalized spacial score (nSPS) is 12.4. The number of rotatable bonds is 5. The van der Waals surface area contributed by atoms with Gasteiger partial charge in [0.15, 0.2) is 11.5 Å². The molecular formula is C23H17Cl2FN6O. The van der Waals surface area contributed by atoms with E-state index < -0.39 is 5.82 Å². The number of nitrogens with one attached hydrogen (secondary N) is 2. The van der Waals surface area contributed by atoms with E-state index in [1.807, 2.05) is 13.0 Å². The van der Waals surface area contributed by atoms with Gasteiger partial charge < -0.3 is 10.3 Å². The number of hydrogen-bond acceptors (Lipinski definition) is 5. The lowest BCUT2D eigenvalue weighted by molar-refractivity contribution is 0.629. The molecule has 2 aromatic carbocycles. The molecule has 0 amide bonds. The maximum Gasteiger partial charge on any atom is 0.263 e. The van der Waals surface area contributed by atoms with Gasteiger partial charge in [-0.25, -0.2) is 19.3 Å². The molecule has 33 heavy (non-hydrogen) atoms. The molecule has 1 atom stereocenters. The zero-order chi connectivity index (χ0) is 23.1. The molecule has 166 valence electrons. The molecule has 0 spiro atoms. The van der Waals surface area contributed by atoms with E-state index in [1.54, 1.807) is 30.6 Å². The minimum absolute atomic E-state index is 0.251. The number of nitrogens with zero attached hydrogens (tertiary/aromatic N) is 4. The summed E-state index contributed by atoms with van der Waals surface area (Å²) in [5.41, 5.74) is 1.91. The molecule has 0 bridgehead atoms. The van der Waals surface area contributed by atoms with Crippen molar-refractivity contribution in [3.05, 3.63) is 87.0 Å². The highest BCUT2D eigenvalue weighted by Gasteiger charge is 2.21. The topological polar surface area (TPSA) is 88.5 Å². The number of hydrogen-bond donors (Lipinski definition) is 2. The third kappa shape index (κ3) is 3.92. The zero-order valence-corrected chi connectivity index (χ0v) is 18.8. The zero-order valence-electron chi connectivity index (χ0n) is 17.3. The first-order valence-corrected chi connectivity index (χ1v) is 10.9. The second kappa shape index (κ2) is 8.46. The number of pyridine rings is 1. The number of aromatic nitrogens is 5. The van der Waals surface area contributed by atoms with E-state index in [9.17, 15) is 9.18 Å². The van der Waals surface area contributed by atoms with Gasteiger partial charge in [-0.15, -0.1) is 0 Å². The van der Waals surface area contributed by atoms with Crippen molar-refractivity contribution < 1.29 is 4.39 Å². The molecule has 0 aliphatic rings. The third-order valence-corrected chi connectivity index (χ3v) is 5.85. The molecule has 7 nitrogen and oxygen atoms in total. The minimum atomic E-state index is -0.491. The largest absolute Gasteiger partial charge is 0.360 e. The lowest BCUT2D eigenvalue weighted by Gasteiger charge is -2.23. The van der Waals surface area contributed by atoms with Crippen molar-refractivity contribution >= 4 is 51.0 Å². The molecule has 10 heteroatoms. The van der Waals surface area contributed by atoms with Gasteiger partial charge in [-0.2, -0.15) is 0 Å². The van der Waals surface area contributed by atoms with Gasteiger partial charge in [0.1, 0.15) is 17.7 Å². The fraction of sp³-hybridized carbons (Fsp3) is 0.130. The average Bonchev–Trinajstić information content (AvgIpc) is 3.27. The van der Waals surface area contributed by atoms with Crippen molar-refractivity contribution in [2.75, 3.05) is 5.32 Å². The Labute approximate surface area is 197 Å². The molecule has 5 aromatic rings. The quantitative estimate of drug-likeness (QED) is 0.337. The molecule has 0 radical (unpaired) electrons. The second-order valence-corrected chi connectivity index (χ2v) is 8.37. The van der Waals surface area contributed by atoms with Crippen molar-refractivity contribution in [3.8, 4) is 5.69 Å². The van der Waals surface area contributed by atoms with Crippen LogP contribution in [0.5, 0.6) is 0 Å². The van der Waals surface area contributed by atoms with E-state index in [1.165, 1.54) is 23.0 Å². The molecule has 1 unspecified atom stereocenters. The Kier molecular flexibility index (Phi) is 5.47. The summed E-state index contributed by atoms with van der Waals surface area (Å²) in [5, 5.41) is 5.01. The Bertz CT molecular complexity index is 1540. The maximum atomic E-state index is 14.0. The van der Waals surface area contributed by atoms with E-state index in [2.05, 4.69) is 25.3 Å². The number of anilines is 1. The van der Waals surface area contributed by atoms with E-state index in [4.69, 9.17) is 23.2 Å². The highest BCUT2D eigenvalue weighted by molar-refractivity contribution is 6.34. The summed E-state index contributed by atoms with van der Waals surface area (Å²) in [5.74, 6) is 0.0329. The molecule has 0 fully saturated rings. The summed E-state index contributed by atoms with van der Waals surface area (Å²) >= 11 is 12.5. The lowest BCUT2D eigenvalue weighted by Crippen LogP contribution is -2.26. The first kappa shape index (κ1) is 21.4. The standard InChI is InChI=1S/C23H17Cl2FN6O/c1-2-18(31-22-20-21(28-10-27-20)29-11-30-22)19-5-12-3-4-15(26)9-17(12)23(33)32(19)16-7-13(24)6-14(25)8-16/h3-11,18H,2H2,1H3,(H2,27,28,29,30,31). The monoisotopic (exact) mass is 482 g/mol. The van der Waals surface area contributed by atoms with Gasteiger partial charge in [-0.05, 0) is 48.2 Å². The fourth-order valence-electron chi connectivity index (χ4n) is 3.91. The summed E-state index contributed by atoms with van der Waals surface area (Å²) in [6, 6.07) is 10.5. The van der Waals surface area contributed by atoms with Gasteiger partial charge in [-0.3, -0.25) is 9.36 Å². The van der Waals surface area contributed by atoms with Crippen LogP contribution in [0.25, 0.3) is 27.6 Å². The SMILES string of the molecule is CCC(Nc1ncnc2[nH]cnc12)c1cc2ccc(F)cc2c(=O)n1-c1cc(Cl)cc(Cl)c1. The van der Waals surface area contributed by atoms with Gasteiger partial charge in [-0.1, -0.05) is 36.2 Å². The van der Waals surface area contributed by atoms with Crippen LogP contribution in [-0.4, -0.2) is 24.5 Å². The molecule has 5 rings (SSSR count). The minimum Gasteiger partial charge on any atom is -0.360 e. The van der Waals surface area contributed by atoms with E-state index in [0.717, 1.165) is 0 Å². The van der Waals surface area contributed by atoms with E-state index >= 15 is 0 Å². The molecular weight excluding hydrogens is 466 g/mol. The van der Waals surface area contributed by atoms with Crippen molar-refractivity contribution in [2.24, 2.45) is 0 Å². The number of halogens is 3. The molecule has 3 aromatic heterocycles. The van der Waals surface area contributed by atoms with Gasteiger partial charge in [0, 0.05) is 15.7 Å². The van der Waals surface area contributed by atoms with Crippen LogP contribution in [0.3, 0.4) is 0 Å². The Morgan fingerprint density at radius 3 is 2.64 bits per heavy atom. The van der Waals surface area contributed by atoms with Crippen LogP contribution >= 0.6 is 23.2 Å². The summed E-state index contributed by atoms with van der Waals surface area (Å²) < 4.78 is 15.5. The van der Waals surface area contributed by atoms with Crippen LogP contribution in [0, 0.1) is 5.82 Å². The van der Waals surface area contributed by atoms with Gasteiger partial charge in [0.05, 0.1) is 23.4 Å². The Morgan fingerprint density at radius 2 is 1.88 bits per heavy atom. The number of fused-ring (bicyclic) bond motifs is 2. The molecule has 0 saturated carbocycles. The Morgan fingerprint density at radius 1 is 1.09 bits per heavy atom. The first-order chi connectivity index (χ1) is 15.9. The van der Waals surface area contributed by atoms with Crippen molar-refractivity contribution in [1.82, 2.24) is 24.5 Å². The predicted molar refractivity (Wildman–Crippen MR) is 128 cm³/mol. The van der Waals surface area contributed by atoms with Crippen LogP contribution in [-0.2, 0) is 0 Å².